The lowest BCUT2D eigenvalue weighted by Gasteiger charge is -2.13. The fraction of sp³-hybridized carbons (Fsp3) is 0.238. The van der Waals surface area contributed by atoms with Gasteiger partial charge in [0, 0.05) is 18.1 Å². The first kappa shape index (κ1) is 18.4. The van der Waals surface area contributed by atoms with Gasteiger partial charge in [-0.05, 0) is 31.5 Å². The summed E-state index contributed by atoms with van der Waals surface area (Å²) in [7, 11) is 1.97. The first-order valence-corrected chi connectivity index (χ1v) is 10.1. The maximum Gasteiger partial charge on any atom is 0.237 e. The maximum absolute atomic E-state index is 12.7. The van der Waals surface area contributed by atoms with Gasteiger partial charge in [-0.1, -0.05) is 54.6 Å². The number of anilines is 1. The van der Waals surface area contributed by atoms with Crippen LogP contribution in [0.15, 0.2) is 53.7 Å². The Kier molecular flexibility index (Phi) is 5.00. The topological polar surface area (TPSA) is 72.7 Å². The predicted molar refractivity (Wildman–Crippen MR) is 114 cm³/mol. The smallest absolute Gasteiger partial charge is 0.237 e. The van der Waals surface area contributed by atoms with E-state index >= 15 is 0 Å². The highest BCUT2D eigenvalue weighted by Crippen LogP contribution is 2.28. The number of rotatable bonds is 5. The first-order valence-electron chi connectivity index (χ1n) is 9.19. The summed E-state index contributed by atoms with van der Waals surface area (Å²) in [6.45, 7) is 4.00. The molecule has 0 bridgehead atoms. The van der Waals surface area contributed by atoms with Crippen molar-refractivity contribution in [2.45, 2.75) is 30.7 Å². The Morgan fingerprint density at radius 3 is 2.64 bits per heavy atom. The van der Waals surface area contributed by atoms with E-state index < -0.39 is 0 Å². The Hall–Kier alpha value is -2.93. The van der Waals surface area contributed by atoms with E-state index in [1.807, 2.05) is 74.0 Å². The second-order valence-electron chi connectivity index (χ2n) is 6.71. The molecule has 1 atom stereocenters. The Morgan fingerprint density at radius 1 is 1.14 bits per heavy atom. The lowest BCUT2D eigenvalue weighted by Crippen LogP contribution is -2.24. The summed E-state index contributed by atoms with van der Waals surface area (Å²) < 4.78 is 2.01. The van der Waals surface area contributed by atoms with Crippen LogP contribution in [0.2, 0.25) is 0 Å². The summed E-state index contributed by atoms with van der Waals surface area (Å²) >= 11 is 1.34. The van der Waals surface area contributed by atoms with E-state index in [0.29, 0.717) is 11.6 Å². The Morgan fingerprint density at radius 2 is 1.89 bits per heavy atom. The molecule has 1 unspecified atom stereocenters. The molecule has 0 spiro atoms. The number of aromatic nitrogens is 4. The van der Waals surface area contributed by atoms with Crippen molar-refractivity contribution in [3.05, 3.63) is 54.1 Å². The van der Waals surface area contributed by atoms with Gasteiger partial charge in [-0.3, -0.25) is 4.79 Å². The molecule has 28 heavy (non-hydrogen) atoms. The molecule has 1 N–H and O–H groups in total. The summed E-state index contributed by atoms with van der Waals surface area (Å²) in [5.41, 5.74) is 4.55. The number of thioether (sulfide) groups is 1. The zero-order valence-corrected chi connectivity index (χ0v) is 16.8. The highest BCUT2D eigenvalue weighted by atomic mass is 32.2. The molecule has 0 saturated heterocycles. The van der Waals surface area contributed by atoms with E-state index in [9.17, 15) is 4.79 Å². The van der Waals surface area contributed by atoms with Crippen molar-refractivity contribution < 1.29 is 4.79 Å². The summed E-state index contributed by atoms with van der Waals surface area (Å²) in [6.07, 6.45) is 0.666. The van der Waals surface area contributed by atoms with E-state index in [1.165, 1.54) is 11.8 Å². The fourth-order valence-corrected chi connectivity index (χ4v) is 3.97. The number of nitrogens with one attached hydrogen (secondary N) is 1. The van der Waals surface area contributed by atoms with Crippen molar-refractivity contribution in [3.8, 4) is 0 Å². The molecular formula is C21H21N5OS. The lowest BCUT2D eigenvalue weighted by molar-refractivity contribution is -0.115. The van der Waals surface area contributed by atoms with Gasteiger partial charge in [0.05, 0.1) is 10.8 Å². The van der Waals surface area contributed by atoms with Crippen LogP contribution in [-0.4, -0.2) is 30.9 Å². The Bertz CT molecular complexity index is 1150. The molecule has 4 rings (SSSR count). The van der Waals surface area contributed by atoms with Crippen LogP contribution in [0.25, 0.3) is 22.1 Å². The molecule has 2 heterocycles. The van der Waals surface area contributed by atoms with Crippen LogP contribution in [0.4, 0.5) is 5.69 Å². The van der Waals surface area contributed by atoms with Gasteiger partial charge in [0.1, 0.15) is 5.52 Å². The van der Waals surface area contributed by atoms with Crippen molar-refractivity contribution in [2.24, 2.45) is 7.05 Å². The molecule has 142 valence electrons. The predicted octanol–water partition coefficient (Wildman–Crippen LogP) is 4.33. The normalized spacial score (nSPS) is 12.4. The lowest BCUT2D eigenvalue weighted by atomic mass is 10.2. The molecule has 6 nitrogen and oxygen atoms in total. The molecule has 0 aliphatic carbocycles. The van der Waals surface area contributed by atoms with Crippen LogP contribution >= 0.6 is 11.8 Å². The van der Waals surface area contributed by atoms with Crippen LogP contribution in [0.3, 0.4) is 0 Å². The number of fused-ring (bicyclic) bond motifs is 3. The Labute approximate surface area is 167 Å². The summed E-state index contributed by atoms with van der Waals surface area (Å²) in [4.78, 5) is 17.4. The van der Waals surface area contributed by atoms with Crippen LogP contribution < -0.4 is 5.32 Å². The van der Waals surface area contributed by atoms with Gasteiger partial charge >= 0.3 is 0 Å². The van der Waals surface area contributed by atoms with E-state index in [4.69, 9.17) is 0 Å². The van der Waals surface area contributed by atoms with Crippen molar-refractivity contribution in [2.75, 3.05) is 5.32 Å². The second kappa shape index (κ2) is 7.59. The van der Waals surface area contributed by atoms with Crippen molar-refractivity contribution in [1.82, 2.24) is 19.7 Å². The third-order valence-electron chi connectivity index (χ3n) is 4.72. The average Bonchev–Trinajstić information content (AvgIpc) is 3.00. The number of hydrogen-bond acceptors (Lipinski definition) is 5. The van der Waals surface area contributed by atoms with Gasteiger partial charge in [0.2, 0.25) is 11.1 Å². The number of amides is 1. The molecule has 2 aromatic heterocycles. The molecule has 0 saturated carbocycles. The summed E-state index contributed by atoms with van der Waals surface area (Å²) in [5, 5.41) is 12.9. The minimum absolute atomic E-state index is 0.0582. The van der Waals surface area contributed by atoms with Gasteiger partial charge in [0.25, 0.3) is 0 Å². The zero-order chi connectivity index (χ0) is 19.7. The number of carbonyl (C=O) groups is 1. The van der Waals surface area contributed by atoms with Crippen molar-refractivity contribution in [1.29, 1.82) is 0 Å². The molecule has 4 aromatic rings. The van der Waals surface area contributed by atoms with Gasteiger partial charge in [-0.25, -0.2) is 4.98 Å². The van der Waals surface area contributed by atoms with E-state index in [-0.39, 0.29) is 11.2 Å². The maximum atomic E-state index is 12.7. The highest BCUT2D eigenvalue weighted by Gasteiger charge is 2.21. The van der Waals surface area contributed by atoms with Crippen molar-refractivity contribution in [3.63, 3.8) is 0 Å². The van der Waals surface area contributed by atoms with E-state index in [0.717, 1.165) is 33.3 Å². The number of para-hydroxylation sites is 1. The average molecular weight is 392 g/mol. The van der Waals surface area contributed by atoms with Crippen LogP contribution in [0.1, 0.15) is 18.9 Å². The molecule has 0 aliphatic rings. The van der Waals surface area contributed by atoms with Gasteiger partial charge in [-0.2, -0.15) is 0 Å². The molecule has 2 aromatic carbocycles. The minimum atomic E-state index is -0.296. The largest absolute Gasteiger partial charge is 0.327 e. The molecular weight excluding hydrogens is 370 g/mol. The fourth-order valence-electron chi connectivity index (χ4n) is 3.15. The third kappa shape index (κ3) is 3.45. The molecule has 1 amide bonds. The third-order valence-corrected chi connectivity index (χ3v) is 5.93. The minimum Gasteiger partial charge on any atom is -0.327 e. The van der Waals surface area contributed by atoms with E-state index in [2.05, 4.69) is 20.5 Å². The van der Waals surface area contributed by atoms with Crippen LogP contribution in [0, 0.1) is 6.92 Å². The number of carbonyl (C=O) groups excluding carboxylic acids is 1. The molecule has 0 radical (unpaired) electrons. The van der Waals surface area contributed by atoms with Crippen LogP contribution in [0.5, 0.6) is 0 Å². The van der Waals surface area contributed by atoms with Crippen LogP contribution in [-0.2, 0) is 11.8 Å². The highest BCUT2D eigenvalue weighted by molar-refractivity contribution is 8.00. The van der Waals surface area contributed by atoms with Gasteiger partial charge in [-0.15, -0.1) is 10.2 Å². The quantitative estimate of drug-likeness (QED) is 0.513. The van der Waals surface area contributed by atoms with Gasteiger partial charge < -0.3 is 9.88 Å². The second-order valence-corrected chi connectivity index (χ2v) is 7.88. The standard InChI is InChI=1S/C21H21N5OS/c1-4-17(20(27)22-14-11-9-13(2)10-12-14)28-21-23-19-18(24-25-21)15-7-5-6-8-16(15)26(19)3/h5-12,17H,4H2,1-3H3,(H,22,27). The summed E-state index contributed by atoms with van der Waals surface area (Å²) in [5.74, 6) is -0.0582. The molecule has 0 aliphatic heterocycles. The SMILES string of the molecule is CCC(Sc1nnc2c3ccccc3n(C)c2n1)C(=O)Nc1ccc(C)cc1. The van der Waals surface area contributed by atoms with E-state index in [1.54, 1.807) is 0 Å². The first-order chi connectivity index (χ1) is 13.6. The number of benzene rings is 2. The zero-order valence-electron chi connectivity index (χ0n) is 16.0. The van der Waals surface area contributed by atoms with Gasteiger partial charge in [0.15, 0.2) is 5.65 Å². The van der Waals surface area contributed by atoms with Crippen molar-refractivity contribution >= 4 is 45.4 Å². The number of aryl methyl sites for hydroxylation is 2. The number of nitrogens with zero attached hydrogens (tertiary/aromatic N) is 4. The summed E-state index contributed by atoms with van der Waals surface area (Å²) in [6, 6.07) is 15.8. The Balaban J connectivity index is 1.58. The monoisotopic (exact) mass is 391 g/mol. The molecule has 0 fully saturated rings. The molecule has 7 heteroatoms. The number of hydrogen-bond donors (Lipinski definition) is 1.